The van der Waals surface area contributed by atoms with Crippen LogP contribution in [0.25, 0.3) is 10.9 Å². The van der Waals surface area contributed by atoms with Crippen LogP contribution >= 0.6 is 11.6 Å². The minimum atomic E-state index is 0.490. The number of pyridine rings is 1. The van der Waals surface area contributed by atoms with Crippen molar-refractivity contribution in [1.29, 1.82) is 0 Å². The molecule has 1 aromatic heterocycles. The van der Waals surface area contributed by atoms with E-state index in [1.165, 1.54) is 19.3 Å². The lowest BCUT2D eigenvalue weighted by molar-refractivity contribution is 0.636. The minimum Gasteiger partial charge on any atom is -0.380 e. The molecule has 1 aliphatic heterocycles. The average Bonchev–Trinajstić information content (AvgIpc) is 2.67. The number of nitrogens with one attached hydrogen (secondary N) is 2. The van der Waals surface area contributed by atoms with Crippen molar-refractivity contribution >= 4 is 28.2 Å². The summed E-state index contributed by atoms with van der Waals surface area (Å²) in [4.78, 5) is 4.37. The molecule has 1 aromatic carbocycles. The molecule has 0 amide bonds. The highest BCUT2D eigenvalue weighted by molar-refractivity contribution is 6.31. The predicted octanol–water partition coefficient (Wildman–Crippen LogP) is 3.44. The van der Waals surface area contributed by atoms with E-state index in [2.05, 4.69) is 15.6 Å². The van der Waals surface area contributed by atoms with E-state index >= 15 is 0 Å². The summed E-state index contributed by atoms with van der Waals surface area (Å²) in [6, 6.07) is 8.40. The molecule has 0 radical (unpaired) electrons. The molecule has 0 aliphatic carbocycles. The van der Waals surface area contributed by atoms with Crippen molar-refractivity contribution in [2.45, 2.75) is 25.3 Å². The standard InChI is InChI=1S/C15H18ClN3/c16-11-4-5-13-14(6-8-18-15(13)9-11)19-12-3-1-2-7-17-10-12/h4-6,8-9,12,17H,1-3,7,10H2,(H,18,19). The molecule has 1 atom stereocenters. The van der Waals surface area contributed by atoms with E-state index in [0.29, 0.717) is 6.04 Å². The van der Waals surface area contributed by atoms with Gasteiger partial charge in [-0.05, 0) is 43.7 Å². The second kappa shape index (κ2) is 5.76. The van der Waals surface area contributed by atoms with Gasteiger partial charge in [-0.2, -0.15) is 0 Å². The van der Waals surface area contributed by atoms with E-state index in [9.17, 15) is 0 Å². The third kappa shape index (κ3) is 2.99. The molecule has 0 bridgehead atoms. The number of anilines is 1. The fourth-order valence-electron chi connectivity index (χ4n) is 2.61. The first kappa shape index (κ1) is 12.7. The molecule has 1 unspecified atom stereocenters. The van der Waals surface area contributed by atoms with Crippen LogP contribution in [0, 0.1) is 0 Å². The summed E-state index contributed by atoms with van der Waals surface area (Å²) in [5.74, 6) is 0. The van der Waals surface area contributed by atoms with Crippen molar-refractivity contribution in [3.05, 3.63) is 35.5 Å². The molecule has 2 aromatic rings. The summed E-state index contributed by atoms with van der Waals surface area (Å²) in [7, 11) is 0. The zero-order chi connectivity index (χ0) is 13.1. The molecule has 2 heterocycles. The molecule has 100 valence electrons. The number of fused-ring (bicyclic) bond motifs is 1. The molecule has 4 heteroatoms. The maximum absolute atomic E-state index is 6.01. The molecule has 1 fully saturated rings. The van der Waals surface area contributed by atoms with E-state index in [0.717, 1.165) is 34.7 Å². The highest BCUT2D eigenvalue weighted by atomic mass is 35.5. The van der Waals surface area contributed by atoms with Crippen LogP contribution in [0.3, 0.4) is 0 Å². The monoisotopic (exact) mass is 275 g/mol. The van der Waals surface area contributed by atoms with E-state index < -0.39 is 0 Å². The molecule has 0 saturated carbocycles. The van der Waals surface area contributed by atoms with Gasteiger partial charge in [0.15, 0.2) is 0 Å². The molecular weight excluding hydrogens is 258 g/mol. The van der Waals surface area contributed by atoms with Gasteiger partial charge < -0.3 is 10.6 Å². The average molecular weight is 276 g/mol. The lowest BCUT2D eigenvalue weighted by Crippen LogP contribution is -2.30. The Labute approximate surface area is 118 Å². The summed E-state index contributed by atoms with van der Waals surface area (Å²) in [6.45, 7) is 2.16. The van der Waals surface area contributed by atoms with Crippen LogP contribution in [0.1, 0.15) is 19.3 Å². The quantitative estimate of drug-likeness (QED) is 0.882. The van der Waals surface area contributed by atoms with Crippen LogP contribution in [0.5, 0.6) is 0 Å². The van der Waals surface area contributed by atoms with Gasteiger partial charge in [0, 0.05) is 34.9 Å². The number of rotatable bonds is 2. The SMILES string of the molecule is Clc1ccc2c(NC3CCCCNC3)ccnc2c1. The number of hydrogen-bond acceptors (Lipinski definition) is 3. The van der Waals surface area contributed by atoms with Gasteiger partial charge in [0.25, 0.3) is 0 Å². The Balaban J connectivity index is 1.87. The summed E-state index contributed by atoms with van der Waals surface area (Å²) < 4.78 is 0. The Hall–Kier alpha value is -1.32. The van der Waals surface area contributed by atoms with Gasteiger partial charge in [-0.3, -0.25) is 4.98 Å². The van der Waals surface area contributed by atoms with Crippen molar-refractivity contribution in [2.24, 2.45) is 0 Å². The first-order valence-electron chi connectivity index (χ1n) is 6.84. The van der Waals surface area contributed by atoms with Crippen LogP contribution in [-0.4, -0.2) is 24.1 Å². The van der Waals surface area contributed by atoms with E-state index in [4.69, 9.17) is 11.6 Å². The Kier molecular flexibility index (Phi) is 3.85. The minimum absolute atomic E-state index is 0.490. The van der Waals surface area contributed by atoms with Gasteiger partial charge in [0.2, 0.25) is 0 Å². The lowest BCUT2D eigenvalue weighted by Gasteiger charge is -2.19. The number of aromatic nitrogens is 1. The summed E-state index contributed by atoms with van der Waals surface area (Å²) in [5.41, 5.74) is 2.09. The number of halogens is 1. The van der Waals surface area contributed by atoms with Crippen molar-refractivity contribution < 1.29 is 0 Å². The molecule has 2 N–H and O–H groups in total. The molecule has 1 saturated heterocycles. The third-order valence-corrected chi connectivity index (χ3v) is 3.85. The summed E-state index contributed by atoms with van der Waals surface area (Å²) in [5, 5.41) is 8.98. The maximum Gasteiger partial charge on any atom is 0.0737 e. The van der Waals surface area contributed by atoms with Gasteiger partial charge in [0.1, 0.15) is 0 Å². The van der Waals surface area contributed by atoms with Crippen LogP contribution in [0.15, 0.2) is 30.5 Å². The topological polar surface area (TPSA) is 37.0 Å². The van der Waals surface area contributed by atoms with Crippen LogP contribution < -0.4 is 10.6 Å². The van der Waals surface area contributed by atoms with Crippen molar-refractivity contribution in [1.82, 2.24) is 10.3 Å². The molecule has 3 rings (SSSR count). The van der Waals surface area contributed by atoms with Crippen molar-refractivity contribution in [3.63, 3.8) is 0 Å². The highest BCUT2D eigenvalue weighted by Crippen LogP contribution is 2.25. The van der Waals surface area contributed by atoms with Crippen molar-refractivity contribution in [2.75, 3.05) is 18.4 Å². The van der Waals surface area contributed by atoms with Gasteiger partial charge >= 0.3 is 0 Å². The lowest BCUT2D eigenvalue weighted by atomic mass is 10.1. The van der Waals surface area contributed by atoms with E-state index in [1.54, 1.807) is 0 Å². The highest BCUT2D eigenvalue weighted by Gasteiger charge is 2.12. The fourth-order valence-corrected chi connectivity index (χ4v) is 2.78. The summed E-state index contributed by atoms with van der Waals surface area (Å²) >= 11 is 6.01. The molecule has 19 heavy (non-hydrogen) atoms. The predicted molar refractivity (Wildman–Crippen MR) is 80.9 cm³/mol. The van der Waals surface area contributed by atoms with Gasteiger partial charge in [-0.1, -0.05) is 18.0 Å². The number of benzene rings is 1. The van der Waals surface area contributed by atoms with Crippen molar-refractivity contribution in [3.8, 4) is 0 Å². The Morgan fingerprint density at radius 3 is 3.16 bits per heavy atom. The number of hydrogen-bond donors (Lipinski definition) is 2. The van der Waals surface area contributed by atoms with Gasteiger partial charge in [-0.25, -0.2) is 0 Å². The fraction of sp³-hybridized carbons (Fsp3) is 0.400. The van der Waals surface area contributed by atoms with Gasteiger partial charge in [-0.15, -0.1) is 0 Å². The van der Waals surface area contributed by atoms with E-state index in [-0.39, 0.29) is 0 Å². The van der Waals surface area contributed by atoms with Gasteiger partial charge in [0.05, 0.1) is 5.52 Å². The molecule has 3 nitrogen and oxygen atoms in total. The zero-order valence-corrected chi connectivity index (χ0v) is 11.6. The normalized spacial score (nSPS) is 20.2. The Morgan fingerprint density at radius 2 is 2.21 bits per heavy atom. The zero-order valence-electron chi connectivity index (χ0n) is 10.8. The van der Waals surface area contributed by atoms with E-state index in [1.807, 2.05) is 30.5 Å². The Morgan fingerprint density at radius 1 is 1.26 bits per heavy atom. The van der Waals surface area contributed by atoms with Crippen LogP contribution in [0.2, 0.25) is 5.02 Å². The molecular formula is C15H18ClN3. The number of nitrogens with zero attached hydrogens (tertiary/aromatic N) is 1. The first-order chi connectivity index (χ1) is 9.33. The molecule has 1 aliphatic rings. The van der Waals surface area contributed by atoms with Crippen LogP contribution in [-0.2, 0) is 0 Å². The van der Waals surface area contributed by atoms with Crippen LogP contribution in [0.4, 0.5) is 5.69 Å². The third-order valence-electron chi connectivity index (χ3n) is 3.61. The molecule has 0 spiro atoms. The summed E-state index contributed by atoms with van der Waals surface area (Å²) in [6.07, 6.45) is 5.60. The smallest absolute Gasteiger partial charge is 0.0737 e. The second-order valence-electron chi connectivity index (χ2n) is 5.06. The maximum atomic E-state index is 6.01. The second-order valence-corrected chi connectivity index (χ2v) is 5.50. The largest absolute Gasteiger partial charge is 0.380 e. The Bertz CT molecular complexity index is 562. The first-order valence-corrected chi connectivity index (χ1v) is 7.22.